The molecule has 9 nitrogen and oxygen atoms in total. The predicted molar refractivity (Wildman–Crippen MR) is 106 cm³/mol. The molecule has 0 saturated carbocycles. The Morgan fingerprint density at radius 2 is 1.97 bits per heavy atom. The van der Waals surface area contributed by atoms with Crippen LogP contribution in [0.15, 0.2) is 48.8 Å². The molecular weight excluding hydrogens is 372 g/mol. The minimum Gasteiger partial charge on any atom is -0.479 e. The molecule has 4 rings (SSSR count). The lowest BCUT2D eigenvalue weighted by Crippen LogP contribution is -2.45. The number of nitrogens with zero attached hydrogens (tertiary/aromatic N) is 5. The molecule has 1 aliphatic rings. The van der Waals surface area contributed by atoms with Gasteiger partial charge in [-0.15, -0.1) is 5.10 Å². The van der Waals surface area contributed by atoms with Crippen molar-refractivity contribution in [1.82, 2.24) is 20.2 Å². The van der Waals surface area contributed by atoms with Crippen molar-refractivity contribution >= 4 is 23.2 Å². The maximum Gasteiger partial charge on any atom is 0.267 e. The number of hydrogen-bond acceptors (Lipinski definition) is 6. The Kier molecular flexibility index (Phi) is 4.94. The molecule has 1 aromatic heterocycles. The molecule has 1 atom stereocenters. The van der Waals surface area contributed by atoms with Crippen LogP contribution >= 0.6 is 0 Å². The van der Waals surface area contributed by atoms with Crippen molar-refractivity contribution in [3.63, 3.8) is 0 Å². The maximum atomic E-state index is 12.6. The van der Waals surface area contributed by atoms with E-state index in [1.165, 1.54) is 11.0 Å². The number of rotatable bonds is 5. The number of fused-ring (bicyclic) bond motifs is 1. The van der Waals surface area contributed by atoms with Gasteiger partial charge in [-0.2, -0.15) is 0 Å². The zero-order valence-electron chi connectivity index (χ0n) is 16.1. The van der Waals surface area contributed by atoms with E-state index in [-0.39, 0.29) is 24.8 Å². The zero-order valence-corrected chi connectivity index (χ0v) is 16.1. The van der Waals surface area contributed by atoms with Gasteiger partial charge in [0.1, 0.15) is 12.1 Å². The van der Waals surface area contributed by atoms with E-state index in [4.69, 9.17) is 4.74 Å². The maximum absolute atomic E-state index is 12.6. The highest BCUT2D eigenvalue weighted by atomic mass is 16.5. The molecule has 0 spiro atoms. The Labute approximate surface area is 167 Å². The summed E-state index contributed by atoms with van der Waals surface area (Å²) in [5.41, 5.74) is 2.97. The third kappa shape index (κ3) is 3.66. The molecule has 0 aliphatic carbocycles. The highest BCUT2D eigenvalue weighted by Crippen LogP contribution is 2.33. The van der Waals surface area contributed by atoms with Gasteiger partial charge in [-0.05, 0) is 54.1 Å². The molecule has 148 valence electrons. The lowest BCUT2D eigenvalue weighted by atomic mass is 10.1. The fourth-order valence-electron chi connectivity index (χ4n) is 3.29. The molecule has 29 heavy (non-hydrogen) atoms. The minimum absolute atomic E-state index is 0.154. The van der Waals surface area contributed by atoms with Gasteiger partial charge < -0.3 is 15.0 Å². The largest absolute Gasteiger partial charge is 0.479 e. The molecule has 0 saturated heterocycles. The lowest BCUT2D eigenvalue weighted by molar-refractivity contribution is -0.125. The number of para-hydroxylation sites is 2. The molecule has 2 heterocycles. The van der Waals surface area contributed by atoms with Crippen LogP contribution in [0.25, 0.3) is 5.69 Å². The van der Waals surface area contributed by atoms with Gasteiger partial charge in [-0.25, -0.2) is 4.68 Å². The van der Waals surface area contributed by atoms with E-state index in [2.05, 4.69) is 20.8 Å². The van der Waals surface area contributed by atoms with Gasteiger partial charge >= 0.3 is 0 Å². The van der Waals surface area contributed by atoms with Gasteiger partial charge in [0, 0.05) is 18.7 Å². The Hall–Kier alpha value is -3.75. The van der Waals surface area contributed by atoms with Gasteiger partial charge in [0.25, 0.3) is 5.91 Å². The quantitative estimate of drug-likeness (QED) is 0.714. The van der Waals surface area contributed by atoms with Crippen molar-refractivity contribution in [2.75, 3.05) is 16.8 Å². The molecule has 1 unspecified atom stereocenters. The van der Waals surface area contributed by atoms with Crippen molar-refractivity contribution in [3.05, 3.63) is 54.4 Å². The molecule has 0 fully saturated rings. The summed E-state index contributed by atoms with van der Waals surface area (Å²) in [6.07, 6.45) is 1.07. The SMILES string of the molecule is Cc1c(NC(=O)CCN2C(=O)C(C)Oc3ccccc32)cccc1-n1cnnn1. The van der Waals surface area contributed by atoms with Gasteiger partial charge in [-0.1, -0.05) is 18.2 Å². The van der Waals surface area contributed by atoms with E-state index < -0.39 is 6.10 Å². The second-order valence-electron chi connectivity index (χ2n) is 6.72. The Morgan fingerprint density at radius 1 is 1.17 bits per heavy atom. The van der Waals surface area contributed by atoms with Crippen LogP contribution in [-0.4, -0.2) is 44.7 Å². The highest BCUT2D eigenvalue weighted by molar-refractivity contribution is 6.01. The third-order valence-electron chi connectivity index (χ3n) is 4.81. The molecule has 1 aliphatic heterocycles. The lowest BCUT2D eigenvalue weighted by Gasteiger charge is -2.32. The first-order valence-electron chi connectivity index (χ1n) is 9.24. The average molecular weight is 392 g/mol. The molecule has 2 amide bonds. The number of hydrogen-bond donors (Lipinski definition) is 1. The fourth-order valence-corrected chi connectivity index (χ4v) is 3.29. The zero-order chi connectivity index (χ0) is 20.4. The van der Waals surface area contributed by atoms with Gasteiger partial charge in [0.2, 0.25) is 5.91 Å². The first-order valence-corrected chi connectivity index (χ1v) is 9.24. The highest BCUT2D eigenvalue weighted by Gasteiger charge is 2.31. The monoisotopic (exact) mass is 392 g/mol. The van der Waals surface area contributed by atoms with Crippen LogP contribution in [0, 0.1) is 6.92 Å². The van der Waals surface area contributed by atoms with Gasteiger partial charge in [0.15, 0.2) is 6.10 Å². The van der Waals surface area contributed by atoms with E-state index >= 15 is 0 Å². The van der Waals surface area contributed by atoms with Gasteiger partial charge in [-0.3, -0.25) is 9.59 Å². The number of aromatic nitrogens is 4. The summed E-state index contributed by atoms with van der Waals surface area (Å²) >= 11 is 0. The second kappa shape index (κ2) is 7.70. The number of amides is 2. The van der Waals surface area contributed by atoms with Crippen LogP contribution in [0.4, 0.5) is 11.4 Å². The van der Waals surface area contributed by atoms with Crippen LogP contribution in [0.5, 0.6) is 5.75 Å². The fraction of sp³-hybridized carbons (Fsp3) is 0.250. The van der Waals surface area contributed by atoms with Crippen molar-refractivity contribution in [3.8, 4) is 11.4 Å². The molecular formula is C20H20N6O3. The van der Waals surface area contributed by atoms with Crippen LogP contribution < -0.4 is 15.0 Å². The summed E-state index contributed by atoms with van der Waals surface area (Å²) in [4.78, 5) is 26.7. The molecule has 1 N–H and O–H groups in total. The Morgan fingerprint density at radius 3 is 2.76 bits per heavy atom. The first-order chi connectivity index (χ1) is 14.0. The summed E-state index contributed by atoms with van der Waals surface area (Å²) < 4.78 is 7.17. The predicted octanol–water partition coefficient (Wildman–Crippen LogP) is 2.11. The summed E-state index contributed by atoms with van der Waals surface area (Å²) in [6, 6.07) is 12.8. The normalized spacial score (nSPS) is 15.6. The minimum atomic E-state index is -0.580. The standard InChI is InChI=1S/C20H20N6O3/c1-13-15(6-5-8-16(13)26-12-21-23-24-26)22-19(27)10-11-25-17-7-3-4-9-18(17)29-14(2)20(25)28/h3-9,12,14H,10-11H2,1-2H3,(H,22,27). The van der Waals surface area contributed by atoms with Crippen molar-refractivity contribution < 1.29 is 14.3 Å². The number of ether oxygens (including phenoxy) is 1. The number of tetrazole rings is 1. The number of benzene rings is 2. The van der Waals surface area contributed by atoms with E-state index in [1.54, 1.807) is 11.8 Å². The molecule has 0 bridgehead atoms. The van der Waals surface area contributed by atoms with E-state index in [0.717, 1.165) is 11.3 Å². The summed E-state index contributed by atoms with van der Waals surface area (Å²) in [5.74, 6) is 0.296. The topological polar surface area (TPSA) is 102 Å². The molecule has 9 heteroatoms. The molecule has 3 aromatic rings. The Balaban J connectivity index is 1.46. The third-order valence-corrected chi connectivity index (χ3v) is 4.81. The van der Waals surface area contributed by atoms with Gasteiger partial charge in [0.05, 0.1) is 11.4 Å². The second-order valence-corrected chi connectivity index (χ2v) is 6.72. The Bertz CT molecular complexity index is 1050. The van der Waals surface area contributed by atoms with Crippen LogP contribution in [0.2, 0.25) is 0 Å². The van der Waals surface area contributed by atoms with Crippen LogP contribution in [-0.2, 0) is 9.59 Å². The summed E-state index contributed by atoms with van der Waals surface area (Å²) in [7, 11) is 0. The molecule has 2 aromatic carbocycles. The van der Waals surface area contributed by atoms with Crippen molar-refractivity contribution in [2.24, 2.45) is 0 Å². The van der Waals surface area contributed by atoms with E-state index in [9.17, 15) is 9.59 Å². The number of anilines is 2. The summed E-state index contributed by atoms with van der Waals surface area (Å²) in [6.45, 7) is 3.86. The average Bonchev–Trinajstić information content (AvgIpc) is 3.24. The first kappa shape index (κ1) is 18.6. The van der Waals surface area contributed by atoms with Crippen molar-refractivity contribution in [1.29, 1.82) is 0 Å². The van der Waals surface area contributed by atoms with E-state index in [1.807, 2.05) is 49.4 Å². The number of carbonyl (C=O) groups excluding carboxylic acids is 2. The summed E-state index contributed by atoms with van der Waals surface area (Å²) in [5, 5.41) is 14.1. The van der Waals surface area contributed by atoms with Crippen LogP contribution in [0.3, 0.4) is 0 Å². The van der Waals surface area contributed by atoms with Crippen molar-refractivity contribution in [2.45, 2.75) is 26.4 Å². The van der Waals surface area contributed by atoms with Crippen LogP contribution in [0.1, 0.15) is 18.9 Å². The number of carbonyl (C=O) groups is 2. The molecule has 0 radical (unpaired) electrons. The van der Waals surface area contributed by atoms with E-state index in [0.29, 0.717) is 17.1 Å². The smallest absolute Gasteiger partial charge is 0.267 e. The number of nitrogens with one attached hydrogen (secondary N) is 1.